The van der Waals surface area contributed by atoms with Gasteiger partial charge in [0.05, 0.1) is 25.8 Å². The van der Waals surface area contributed by atoms with Crippen molar-refractivity contribution in [2.24, 2.45) is 10.1 Å². The second-order valence-corrected chi connectivity index (χ2v) is 2.04. The van der Waals surface area contributed by atoms with Gasteiger partial charge in [-0.05, 0) is 5.53 Å². The number of aliphatic hydroxyl groups is 1. The van der Waals surface area contributed by atoms with E-state index in [0.717, 1.165) is 6.40 Å². The lowest BCUT2D eigenvalue weighted by Crippen LogP contribution is -2.25. The fraction of sp³-hybridized carbons (Fsp3) is 0.667. The van der Waals surface area contributed by atoms with E-state index in [1.807, 2.05) is 0 Å². The number of aliphatic imine (C=N–C) groups is 1. The molecule has 0 aromatic carbocycles. The summed E-state index contributed by atoms with van der Waals surface area (Å²) in [7, 11) is 1.37. The van der Waals surface area contributed by atoms with E-state index < -0.39 is 12.1 Å². The molecular weight excluding hydrogens is 174 g/mol. The molecule has 0 aliphatic heterocycles. The molecule has 2 atom stereocenters. The molecule has 0 aliphatic carbocycles. The van der Waals surface area contributed by atoms with Crippen molar-refractivity contribution < 1.29 is 9.84 Å². The number of rotatable bonds is 5. The van der Waals surface area contributed by atoms with Gasteiger partial charge in [0, 0.05) is 4.91 Å². The Bertz CT molecular complexity index is 252. The molecular formula is C6H9N5O2. The Morgan fingerprint density at radius 3 is 3.00 bits per heavy atom. The molecule has 0 unspecified atom stereocenters. The van der Waals surface area contributed by atoms with Gasteiger partial charge in [0.15, 0.2) is 12.4 Å². The van der Waals surface area contributed by atoms with Crippen LogP contribution in [0.4, 0.5) is 0 Å². The van der Waals surface area contributed by atoms with E-state index in [2.05, 4.69) is 19.8 Å². The molecule has 0 fully saturated rings. The van der Waals surface area contributed by atoms with Crippen molar-refractivity contribution in [3.63, 3.8) is 0 Å². The number of hydrogen-bond donors (Lipinski definition) is 1. The second kappa shape index (κ2) is 6.91. The molecule has 0 radical (unpaired) electrons. The quantitative estimate of drug-likeness (QED) is 0.216. The number of nitriles is 1. The van der Waals surface area contributed by atoms with Crippen LogP contribution in [-0.4, -0.2) is 37.3 Å². The van der Waals surface area contributed by atoms with E-state index >= 15 is 0 Å². The Morgan fingerprint density at radius 2 is 2.54 bits per heavy atom. The smallest absolute Gasteiger partial charge is 0.170 e. The lowest BCUT2D eigenvalue weighted by Gasteiger charge is -2.08. The maximum Gasteiger partial charge on any atom is 0.170 e. The molecule has 0 saturated carbocycles. The molecule has 0 saturated heterocycles. The van der Waals surface area contributed by atoms with Crippen LogP contribution in [0.3, 0.4) is 0 Å². The molecule has 0 spiro atoms. The van der Waals surface area contributed by atoms with Crippen LogP contribution in [0.5, 0.6) is 0 Å². The van der Waals surface area contributed by atoms with E-state index in [9.17, 15) is 5.11 Å². The summed E-state index contributed by atoms with van der Waals surface area (Å²) in [6.07, 6.45) is -0.0555. The van der Waals surface area contributed by atoms with Crippen LogP contribution in [0.1, 0.15) is 0 Å². The minimum Gasteiger partial charge on any atom is -0.487 e. The molecule has 1 N–H and O–H groups in total. The maximum absolute atomic E-state index is 9.21. The number of azide groups is 1. The molecule has 0 bridgehead atoms. The molecule has 0 heterocycles. The monoisotopic (exact) mass is 183 g/mol. The highest BCUT2D eigenvalue weighted by molar-refractivity contribution is 5.47. The topological polar surface area (TPSA) is 114 Å². The lowest BCUT2D eigenvalue weighted by molar-refractivity contribution is 0.171. The molecule has 0 aromatic heterocycles. The number of aliphatic hydroxyl groups excluding tert-OH is 1. The molecule has 70 valence electrons. The Kier molecular flexibility index (Phi) is 5.97. The molecule has 7 nitrogen and oxygen atoms in total. The first-order chi connectivity index (χ1) is 6.26. The molecule has 0 rings (SSSR count). The Balaban J connectivity index is 4.15. The third-order valence-electron chi connectivity index (χ3n) is 1.16. The number of methoxy groups -OCH3 is 1. The van der Waals surface area contributed by atoms with Crippen LogP contribution in [0.25, 0.3) is 10.4 Å². The van der Waals surface area contributed by atoms with E-state index in [4.69, 9.17) is 10.8 Å². The third-order valence-corrected chi connectivity index (χ3v) is 1.16. The van der Waals surface area contributed by atoms with Crippen LogP contribution >= 0.6 is 0 Å². The minimum absolute atomic E-state index is 0.185. The predicted octanol–water partition coefficient (Wildman–Crippen LogP) is 0.224. The standard InChI is InChI=1S/C6H9N5O2/c1-13-4-9-5(2-7)6(12)3-10-11-8/h4-6,12H,3H2,1H3/b9-4-/t5-,6-/m1/s1. The maximum atomic E-state index is 9.21. The van der Waals surface area contributed by atoms with Crippen molar-refractivity contribution in [2.45, 2.75) is 12.1 Å². The van der Waals surface area contributed by atoms with Gasteiger partial charge in [-0.2, -0.15) is 5.26 Å². The van der Waals surface area contributed by atoms with Crippen molar-refractivity contribution in [1.29, 1.82) is 5.26 Å². The van der Waals surface area contributed by atoms with Crippen molar-refractivity contribution in [3.05, 3.63) is 10.4 Å². The van der Waals surface area contributed by atoms with Crippen molar-refractivity contribution in [1.82, 2.24) is 0 Å². The van der Waals surface area contributed by atoms with Gasteiger partial charge in [0.1, 0.15) is 0 Å². The fourth-order valence-corrected chi connectivity index (χ4v) is 0.565. The van der Waals surface area contributed by atoms with Crippen LogP contribution in [0.2, 0.25) is 0 Å². The SMILES string of the molecule is CO/C=N\[C@H](C#N)[C@H](O)CN=[N+]=[N-]. The summed E-state index contributed by atoms with van der Waals surface area (Å²) < 4.78 is 4.47. The summed E-state index contributed by atoms with van der Waals surface area (Å²) in [6.45, 7) is -0.185. The van der Waals surface area contributed by atoms with Crippen LogP contribution in [-0.2, 0) is 4.74 Å². The van der Waals surface area contributed by atoms with Gasteiger partial charge in [-0.25, -0.2) is 4.99 Å². The highest BCUT2D eigenvalue weighted by Gasteiger charge is 2.15. The van der Waals surface area contributed by atoms with E-state index in [-0.39, 0.29) is 6.54 Å². The zero-order valence-corrected chi connectivity index (χ0v) is 7.03. The number of hydrogen-bond acceptors (Lipinski definition) is 5. The van der Waals surface area contributed by atoms with Gasteiger partial charge in [0.25, 0.3) is 0 Å². The summed E-state index contributed by atoms with van der Waals surface area (Å²) in [5.41, 5.74) is 7.95. The first-order valence-electron chi connectivity index (χ1n) is 3.39. The summed E-state index contributed by atoms with van der Waals surface area (Å²) >= 11 is 0. The first-order valence-corrected chi connectivity index (χ1v) is 3.39. The zero-order valence-electron chi connectivity index (χ0n) is 7.03. The minimum atomic E-state index is -1.10. The normalized spacial score (nSPS) is 14.2. The average molecular weight is 183 g/mol. The van der Waals surface area contributed by atoms with Crippen LogP contribution < -0.4 is 0 Å². The van der Waals surface area contributed by atoms with Gasteiger partial charge in [-0.3, -0.25) is 0 Å². The Hall–Kier alpha value is -1.77. The largest absolute Gasteiger partial charge is 0.487 e. The van der Waals surface area contributed by atoms with Crippen LogP contribution in [0, 0.1) is 11.3 Å². The molecule has 0 aromatic rings. The zero-order chi connectivity index (χ0) is 10.1. The average Bonchev–Trinajstić information content (AvgIpc) is 2.16. The summed E-state index contributed by atoms with van der Waals surface area (Å²) in [4.78, 5) is 6.02. The second-order valence-electron chi connectivity index (χ2n) is 2.04. The van der Waals surface area contributed by atoms with Gasteiger partial charge in [0.2, 0.25) is 0 Å². The lowest BCUT2D eigenvalue weighted by atomic mass is 10.2. The van der Waals surface area contributed by atoms with E-state index in [1.165, 1.54) is 7.11 Å². The number of nitrogens with zero attached hydrogens (tertiary/aromatic N) is 5. The van der Waals surface area contributed by atoms with Gasteiger partial charge >= 0.3 is 0 Å². The number of ether oxygens (including phenoxy) is 1. The molecule has 0 amide bonds. The highest BCUT2D eigenvalue weighted by atomic mass is 16.5. The fourth-order valence-electron chi connectivity index (χ4n) is 0.565. The van der Waals surface area contributed by atoms with Gasteiger partial charge < -0.3 is 9.84 Å². The first kappa shape index (κ1) is 11.2. The third kappa shape index (κ3) is 4.63. The Morgan fingerprint density at radius 1 is 1.85 bits per heavy atom. The van der Waals surface area contributed by atoms with Crippen molar-refractivity contribution in [3.8, 4) is 6.07 Å². The van der Waals surface area contributed by atoms with Crippen molar-refractivity contribution in [2.75, 3.05) is 13.7 Å². The van der Waals surface area contributed by atoms with E-state index in [1.54, 1.807) is 6.07 Å². The predicted molar refractivity (Wildman–Crippen MR) is 44.9 cm³/mol. The van der Waals surface area contributed by atoms with E-state index in [0.29, 0.717) is 0 Å². The Labute approximate surface area is 74.9 Å². The molecule has 13 heavy (non-hydrogen) atoms. The van der Waals surface area contributed by atoms with Gasteiger partial charge in [-0.1, -0.05) is 5.11 Å². The van der Waals surface area contributed by atoms with Gasteiger partial charge in [-0.15, -0.1) is 0 Å². The highest BCUT2D eigenvalue weighted by Crippen LogP contribution is 1.98. The molecule has 0 aliphatic rings. The molecule has 7 heteroatoms. The van der Waals surface area contributed by atoms with Crippen molar-refractivity contribution >= 4 is 6.40 Å². The summed E-state index contributed by atoms with van der Waals surface area (Å²) in [5.74, 6) is 0. The summed E-state index contributed by atoms with van der Waals surface area (Å²) in [5, 5.41) is 20.8. The van der Waals surface area contributed by atoms with Crippen LogP contribution in [0.15, 0.2) is 10.1 Å². The summed E-state index contributed by atoms with van der Waals surface area (Å²) in [6, 6.07) is 0.767.